The van der Waals surface area contributed by atoms with Crippen molar-refractivity contribution in [2.24, 2.45) is 0 Å². The van der Waals surface area contributed by atoms with Gasteiger partial charge in [-0.25, -0.2) is 32.9 Å². The molecule has 10 atom stereocenters. The van der Waals surface area contributed by atoms with Gasteiger partial charge in [-0.15, -0.1) is 0 Å². The Labute approximate surface area is 311 Å². The van der Waals surface area contributed by atoms with Crippen molar-refractivity contribution in [1.82, 2.24) is 35.5 Å². The number of nitrogen functional groups attached to an aromatic ring is 1. The summed E-state index contributed by atoms with van der Waals surface area (Å²) in [6.07, 6.45) is -0.890. The molecule has 0 aromatic carbocycles. The summed E-state index contributed by atoms with van der Waals surface area (Å²) in [6.45, 7) is -0.752. The van der Waals surface area contributed by atoms with E-state index in [2.05, 4.69) is 48.6 Å². The number of unbranched alkanes of at least 4 members (excludes halogenated alkanes) is 3. The SMILES string of the molecule is Nc1ncnc2c1ncn2[C@@H]1O[C@H](COP(=O)(O)OP(=O)([O-])OP(=O)([O-])OC(=O)CCCCCNC(=O)CCCC[C@@H]2SC[C@@H]3NC(=O)N[C@@H]32)C(O)[C@@H]1O. The first-order valence-corrected chi connectivity index (χ1v) is 22.0. The number of urea groups is 1. The normalized spacial score (nSPS) is 28.4. The van der Waals surface area contributed by atoms with Gasteiger partial charge in [0.2, 0.25) is 5.91 Å². The van der Waals surface area contributed by atoms with Gasteiger partial charge < -0.3 is 55.8 Å². The zero-order valence-electron chi connectivity index (χ0n) is 28.2. The number of fused-ring (bicyclic) bond motifs is 2. The Morgan fingerprint density at radius 1 is 1.04 bits per heavy atom. The number of imidazole rings is 1. The number of phosphoric ester groups is 2. The Morgan fingerprint density at radius 2 is 1.80 bits per heavy atom. The first kappa shape index (κ1) is 42.4. The number of ether oxygens (including phenoxy) is 1. The molecule has 28 heteroatoms. The number of aliphatic hydroxyl groups excluding tert-OH is 2. The van der Waals surface area contributed by atoms with Crippen LogP contribution in [0.4, 0.5) is 10.6 Å². The molecule has 8 N–H and O–H groups in total. The van der Waals surface area contributed by atoms with Gasteiger partial charge >= 0.3 is 27.6 Å². The number of carbonyl (C=O) groups excluding carboxylic acids is 3. The third-order valence-corrected chi connectivity index (χ3v) is 14.1. The highest BCUT2D eigenvalue weighted by atomic mass is 32.2. The van der Waals surface area contributed by atoms with Crippen molar-refractivity contribution in [2.75, 3.05) is 24.6 Å². The fourth-order valence-electron chi connectivity index (χ4n) is 5.96. The van der Waals surface area contributed by atoms with E-state index in [-0.39, 0.29) is 47.4 Å². The molecule has 5 heterocycles. The van der Waals surface area contributed by atoms with E-state index in [1.54, 1.807) is 11.8 Å². The maximum atomic E-state index is 12.3. The second-order valence-electron chi connectivity index (χ2n) is 12.4. The van der Waals surface area contributed by atoms with Gasteiger partial charge in [-0.05, 0) is 25.7 Å². The molecule has 0 aliphatic carbocycles. The zero-order valence-corrected chi connectivity index (χ0v) is 31.7. The molecule has 24 nitrogen and oxygen atoms in total. The van der Waals surface area contributed by atoms with Gasteiger partial charge in [0.15, 0.2) is 17.7 Å². The number of hydrogen-bond acceptors (Lipinski definition) is 20. The number of hydrogen-bond donors (Lipinski definition) is 7. The summed E-state index contributed by atoms with van der Waals surface area (Å²) in [4.78, 5) is 81.3. The van der Waals surface area contributed by atoms with Crippen LogP contribution in [0, 0.1) is 0 Å². The molecule has 5 rings (SSSR count). The molecule has 3 aliphatic heterocycles. The summed E-state index contributed by atoms with van der Waals surface area (Å²) in [5.41, 5.74) is 5.99. The lowest BCUT2D eigenvalue weighted by molar-refractivity contribution is -0.238. The average molecular weight is 845 g/mol. The van der Waals surface area contributed by atoms with E-state index >= 15 is 0 Å². The third kappa shape index (κ3) is 11.4. The first-order chi connectivity index (χ1) is 25.4. The Kier molecular flexibility index (Phi) is 14.1. The van der Waals surface area contributed by atoms with Crippen LogP contribution >= 0.6 is 35.2 Å². The van der Waals surface area contributed by atoms with E-state index in [0.29, 0.717) is 37.5 Å². The van der Waals surface area contributed by atoms with Crippen LogP contribution in [-0.4, -0.2) is 107 Å². The Bertz CT molecular complexity index is 1830. The maximum absolute atomic E-state index is 12.3. The zero-order chi connectivity index (χ0) is 39.3. The molecule has 3 saturated heterocycles. The number of thioether (sulfide) groups is 1. The highest BCUT2D eigenvalue weighted by Crippen LogP contribution is 2.64. The number of nitrogens with two attached hydrogens (primary N) is 1. The molecule has 0 bridgehead atoms. The number of amides is 3. The second kappa shape index (κ2) is 18.0. The molecule has 0 spiro atoms. The minimum Gasteiger partial charge on any atom is -0.756 e. The molecule has 3 aliphatic rings. The Balaban J connectivity index is 0.943. The topological polar surface area (TPSA) is 361 Å². The van der Waals surface area contributed by atoms with E-state index in [0.717, 1.165) is 24.9 Å². The highest BCUT2D eigenvalue weighted by molar-refractivity contribution is 8.00. The smallest absolute Gasteiger partial charge is 0.478 e. The standard InChI is InChI=1S/C26H41N8O16P3S/c27-23-20-24(30-12-29-23)34(13-31-20)25-22(38)21(37)15(47-25)10-46-51(40,41)49-53(44,45)50-52(42,43)48-18(36)8-2-1-5-9-28-17(35)7-4-3-6-16-19-14(11-54-16)32-26(39)33-19/h12-16,19,21-22,25,37-38H,1-11H2,(H,28,35)(H,40,41)(H,42,43)(H,44,45)(H2,27,29,30)(H2,32,33,39)/p-2/t14-,15+,16-,19-,21?,22-,25+/m0/s1. The van der Waals surface area contributed by atoms with Crippen molar-refractivity contribution < 1.29 is 75.4 Å². The van der Waals surface area contributed by atoms with Crippen molar-refractivity contribution in [3.63, 3.8) is 0 Å². The summed E-state index contributed by atoms with van der Waals surface area (Å²) in [6, 6.07) is 0.109. The van der Waals surface area contributed by atoms with E-state index < -0.39 is 67.0 Å². The van der Waals surface area contributed by atoms with Gasteiger partial charge in [0.05, 0.1) is 25.0 Å². The van der Waals surface area contributed by atoms with Gasteiger partial charge in [-0.1, -0.05) is 12.8 Å². The van der Waals surface area contributed by atoms with E-state index in [1.165, 1.54) is 10.9 Å². The first-order valence-electron chi connectivity index (χ1n) is 16.6. The molecule has 2 aromatic rings. The van der Waals surface area contributed by atoms with Crippen LogP contribution in [0.5, 0.6) is 0 Å². The summed E-state index contributed by atoms with van der Waals surface area (Å²) >= 11 is 1.80. The van der Waals surface area contributed by atoms with E-state index in [4.69, 9.17) is 10.5 Å². The fourth-order valence-corrected chi connectivity index (χ4v) is 10.9. The van der Waals surface area contributed by atoms with Crippen LogP contribution in [0.25, 0.3) is 11.2 Å². The average Bonchev–Trinajstić information content (AvgIpc) is 3.83. The predicted octanol–water partition coefficient (Wildman–Crippen LogP) is -0.940. The molecule has 0 saturated carbocycles. The third-order valence-electron chi connectivity index (χ3n) is 8.48. The van der Waals surface area contributed by atoms with Crippen LogP contribution in [0.3, 0.4) is 0 Å². The molecule has 302 valence electrons. The van der Waals surface area contributed by atoms with Crippen LogP contribution in [0.15, 0.2) is 12.7 Å². The lowest BCUT2D eigenvalue weighted by atomic mass is 10.0. The van der Waals surface area contributed by atoms with E-state index in [9.17, 15) is 53.0 Å². The Hall–Kier alpha value is -2.76. The number of nitrogens with one attached hydrogen (secondary N) is 3. The number of carbonyl (C=O) groups is 3. The second-order valence-corrected chi connectivity index (χ2v) is 18.2. The molecule has 3 amide bonds. The van der Waals surface area contributed by atoms with Gasteiger partial charge in [0.25, 0.3) is 7.82 Å². The van der Waals surface area contributed by atoms with Gasteiger partial charge in [0.1, 0.15) is 30.2 Å². The molecule has 2 aromatic heterocycles. The van der Waals surface area contributed by atoms with Crippen molar-refractivity contribution in [2.45, 2.75) is 93.2 Å². The fraction of sp³-hybridized carbons (Fsp3) is 0.692. The van der Waals surface area contributed by atoms with Gasteiger partial charge in [0, 0.05) is 30.4 Å². The number of phosphoric acid groups is 3. The number of anilines is 1. The van der Waals surface area contributed by atoms with Crippen LogP contribution in [0.1, 0.15) is 57.6 Å². The Morgan fingerprint density at radius 3 is 2.57 bits per heavy atom. The lowest BCUT2D eigenvalue weighted by Gasteiger charge is -2.30. The number of aliphatic hydroxyl groups is 2. The molecule has 54 heavy (non-hydrogen) atoms. The molecular formula is C26H39N8O16P3S-2. The summed E-state index contributed by atoms with van der Waals surface area (Å²) < 4.78 is 59.3. The lowest BCUT2D eigenvalue weighted by Crippen LogP contribution is -2.36. The predicted molar refractivity (Wildman–Crippen MR) is 180 cm³/mol. The minimum absolute atomic E-state index is 0.0115. The quantitative estimate of drug-likeness (QED) is 0.0480. The maximum Gasteiger partial charge on any atom is 0.478 e. The number of aromatic nitrogens is 4. The number of rotatable bonds is 20. The van der Waals surface area contributed by atoms with Gasteiger partial charge in [-0.2, -0.15) is 11.8 Å². The molecular weight excluding hydrogens is 805 g/mol. The van der Waals surface area contributed by atoms with Crippen LogP contribution in [-0.2, 0) is 45.7 Å². The van der Waals surface area contributed by atoms with Crippen LogP contribution < -0.4 is 31.5 Å². The van der Waals surface area contributed by atoms with Crippen molar-refractivity contribution in [3.05, 3.63) is 12.7 Å². The monoisotopic (exact) mass is 844 g/mol. The van der Waals surface area contributed by atoms with Crippen molar-refractivity contribution >= 4 is 70.1 Å². The number of nitrogens with zero attached hydrogens (tertiary/aromatic N) is 4. The van der Waals surface area contributed by atoms with Crippen molar-refractivity contribution in [3.8, 4) is 0 Å². The summed E-state index contributed by atoms with van der Waals surface area (Å²) in [5.74, 6) is -0.661. The molecule has 4 unspecified atom stereocenters. The van der Waals surface area contributed by atoms with E-state index in [1.807, 2.05) is 0 Å². The van der Waals surface area contributed by atoms with Crippen LogP contribution in [0.2, 0.25) is 0 Å². The summed E-state index contributed by atoms with van der Waals surface area (Å²) in [7, 11) is -17.9. The highest BCUT2D eigenvalue weighted by Gasteiger charge is 2.46. The van der Waals surface area contributed by atoms with Gasteiger partial charge in [-0.3, -0.25) is 27.8 Å². The summed E-state index contributed by atoms with van der Waals surface area (Å²) in [5, 5.41) is 29.7. The largest absolute Gasteiger partial charge is 0.756 e. The minimum atomic E-state index is -6.23. The molecule has 0 radical (unpaired) electrons. The van der Waals surface area contributed by atoms with Crippen molar-refractivity contribution in [1.29, 1.82) is 0 Å². The molecule has 3 fully saturated rings.